The summed E-state index contributed by atoms with van der Waals surface area (Å²) in [6.45, 7) is 5.67. The molecule has 3 aromatic rings. The fourth-order valence-electron chi connectivity index (χ4n) is 2.76. The SMILES string of the molecule is COc1ccc(F)cc1C(N[S@@+]([O-])C(C)(C)C)c1cc2ccccc2[nH]1. The fourth-order valence-corrected chi connectivity index (χ4v) is 3.58. The Morgan fingerprint density at radius 1 is 1.15 bits per heavy atom. The predicted octanol–water partition coefficient (Wildman–Crippen LogP) is 4.46. The van der Waals surface area contributed by atoms with Crippen LogP contribution < -0.4 is 9.46 Å². The van der Waals surface area contributed by atoms with Crippen LogP contribution in [-0.4, -0.2) is 21.4 Å². The summed E-state index contributed by atoms with van der Waals surface area (Å²) in [6, 6.07) is 13.7. The lowest BCUT2D eigenvalue weighted by Crippen LogP contribution is -2.41. The van der Waals surface area contributed by atoms with Crippen LogP contribution in [0.5, 0.6) is 5.75 Å². The smallest absolute Gasteiger partial charge is 0.136 e. The summed E-state index contributed by atoms with van der Waals surface area (Å²) in [7, 11) is 1.54. The van der Waals surface area contributed by atoms with E-state index in [2.05, 4.69) is 9.71 Å². The van der Waals surface area contributed by atoms with Gasteiger partial charge in [0.25, 0.3) is 0 Å². The van der Waals surface area contributed by atoms with Crippen molar-refractivity contribution in [1.29, 1.82) is 0 Å². The van der Waals surface area contributed by atoms with Gasteiger partial charge in [0.05, 0.1) is 7.11 Å². The molecule has 0 fully saturated rings. The first-order valence-corrected chi connectivity index (χ1v) is 9.53. The number of ether oxygens (including phenoxy) is 1. The van der Waals surface area contributed by atoms with Crippen molar-refractivity contribution in [1.82, 2.24) is 9.71 Å². The van der Waals surface area contributed by atoms with Gasteiger partial charge in [0.2, 0.25) is 0 Å². The molecule has 1 unspecified atom stereocenters. The molecule has 1 aromatic heterocycles. The van der Waals surface area contributed by atoms with Crippen LogP contribution in [0.15, 0.2) is 48.5 Å². The number of H-pyrrole nitrogens is 1. The van der Waals surface area contributed by atoms with Gasteiger partial charge in [0.1, 0.15) is 22.4 Å². The third-order valence-corrected chi connectivity index (χ3v) is 5.71. The first-order valence-electron chi connectivity index (χ1n) is 8.39. The summed E-state index contributed by atoms with van der Waals surface area (Å²) in [6.07, 6.45) is 0. The molecule has 4 nitrogen and oxygen atoms in total. The van der Waals surface area contributed by atoms with Crippen LogP contribution in [0.2, 0.25) is 0 Å². The van der Waals surface area contributed by atoms with Gasteiger partial charge in [0.15, 0.2) is 0 Å². The highest BCUT2D eigenvalue weighted by Gasteiger charge is 2.32. The zero-order chi connectivity index (χ0) is 18.9. The van der Waals surface area contributed by atoms with Crippen molar-refractivity contribution >= 4 is 22.3 Å². The molecule has 0 saturated carbocycles. The summed E-state index contributed by atoms with van der Waals surface area (Å²) in [5, 5.41) is 1.03. The molecule has 0 aliphatic rings. The van der Waals surface area contributed by atoms with Crippen LogP contribution in [-0.2, 0) is 11.4 Å². The Labute approximate surface area is 156 Å². The molecule has 138 valence electrons. The molecule has 0 spiro atoms. The number of aromatic nitrogens is 1. The highest BCUT2D eigenvalue weighted by molar-refractivity contribution is 7.90. The maximum atomic E-state index is 14.0. The average molecular weight is 374 g/mol. The predicted molar refractivity (Wildman–Crippen MR) is 104 cm³/mol. The van der Waals surface area contributed by atoms with Gasteiger partial charge in [-0.1, -0.05) is 18.2 Å². The zero-order valence-corrected chi connectivity index (χ0v) is 16.1. The summed E-state index contributed by atoms with van der Waals surface area (Å²) >= 11 is -1.35. The van der Waals surface area contributed by atoms with Crippen molar-refractivity contribution in [3.63, 3.8) is 0 Å². The minimum absolute atomic E-state index is 0.370. The van der Waals surface area contributed by atoms with Gasteiger partial charge in [-0.05, 0) is 56.5 Å². The van der Waals surface area contributed by atoms with Gasteiger partial charge in [0, 0.05) is 28.1 Å². The van der Waals surface area contributed by atoms with Crippen LogP contribution in [0.25, 0.3) is 10.9 Å². The lowest BCUT2D eigenvalue weighted by atomic mass is 10.0. The highest BCUT2D eigenvalue weighted by atomic mass is 32.2. The van der Waals surface area contributed by atoms with Gasteiger partial charge < -0.3 is 14.3 Å². The molecule has 6 heteroatoms. The third-order valence-electron chi connectivity index (χ3n) is 4.15. The van der Waals surface area contributed by atoms with Crippen molar-refractivity contribution in [2.75, 3.05) is 7.11 Å². The van der Waals surface area contributed by atoms with E-state index in [1.807, 2.05) is 51.1 Å². The second-order valence-corrected chi connectivity index (χ2v) is 9.13. The standard InChI is InChI=1S/C20H23FN2O2S/c1-20(2,3)26(24)23-19(15-12-14(21)9-10-18(15)25-4)17-11-13-7-5-6-8-16(13)22-17/h5-12,19,22-23H,1-4H3/t19?,26-/m0/s1. The summed E-state index contributed by atoms with van der Waals surface area (Å²) in [5.41, 5.74) is 2.36. The van der Waals surface area contributed by atoms with Crippen molar-refractivity contribution < 1.29 is 13.7 Å². The van der Waals surface area contributed by atoms with Crippen LogP contribution in [0.1, 0.15) is 38.1 Å². The summed E-state index contributed by atoms with van der Waals surface area (Å²) < 4.78 is 34.8. The first-order chi connectivity index (χ1) is 12.3. The molecule has 26 heavy (non-hydrogen) atoms. The lowest BCUT2D eigenvalue weighted by molar-refractivity contribution is 0.404. The van der Waals surface area contributed by atoms with E-state index < -0.39 is 22.2 Å². The quantitative estimate of drug-likeness (QED) is 0.649. The minimum atomic E-state index is -1.35. The van der Waals surface area contributed by atoms with E-state index >= 15 is 0 Å². The highest BCUT2D eigenvalue weighted by Crippen LogP contribution is 2.33. The minimum Gasteiger partial charge on any atom is -0.598 e. The number of aromatic amines is 1. The maximum absolute atomic E-state index is 14.0. The largest absolute Gasteiger partial charge is 0.598 e. The molecule has 0 aliphatic carbocycles. The maximum Gasteiger partial charge on any atom is 0.136 e. The molecule has 2 atom stereocenters. The fraction of sp³-hybridized carbons (Fsp3) is 0.300. The molecular formula is C20H23FN2O2S. The Bertz CT molecular complexity index is 871. The van der Waals surface area contributed by atoms with Crippen molar-refractivity contribution in [3.8, 4) is 5.75 Å². The Morgan fingerprint density at radius 3 is 2.54 bits per heavy atom. The number of para-hydroxylation sites is 1. The Balaban J connectivity index is 2.11. The van der Waals surface area contributed by atoms with E-state index in [0.29, 0.717) is 11.3 Å². The average Bonchev–Trinajstić information content (AvgIpc) is 3.02. The van der Waals surface area contributed by atoms with E-state index in [4.69, 9.17) is 4.74 Å². The second kappa shape index (κ2) is 7.31. The third kappa shape index (κ3) is 3.87. The monoisotopic (exact) mass is 374 g/mol. The molecule has 1 heterocycles. The summed E-state index contributed by atoms with van der Waals surface area (Å²) in [5.74, 6) is 0.165. The van der Waals surface area contributed by atoms with E-state index in [1.165, 1.54) is 12.1 Å². The van der Waals surface area contributed by atoms with Gasteiger partial charge in [-0.3, -0.25) is 0 Å². The number of hydrogen-bond donors (Lipinski definition) is 2. The molecule has 0 aliphatic heterocycles. The number of methoxy groups -OCH3 is 1. The molecule has 2 N–H and O–H groups in total. The van der Waals surface area contributed by atoms with Gasteiger partial charge in [-0.2, -0.15) is 0 Å². The number of rotatable bonds is 5. The molecular weight excluding hydrogens is 351 g/mol. The van der Waals surface area contributed by atoms with Crippen LogP contribution in [0.4, 0.5) is 4.39 Å². The molecule has 3 rings (SSSR count). The zero-order valence-electron chi connectivity index (χ0n) is 15.3. The molecule has 0 bridgehead atoms. The number of nitrogens with one attached hydrogen (secondary N) is 2. The van der Waals surface area contributed by atoms with E-state index in [-0.39, 0.29) is 5.82 Å². The van der Waals surface area contributed by atoms with Crippen LogP contribution >= 0.6 is 0 Å². The molecule has 0 saturated heterocycles. The van der Waals surface area contributed by atoms with E-state index in [0.717, 1.165) is 16.6 Å². The van der Waals surface area contributed by atoms with Crippen molar-refractivity contribution in [2.24, 2.45) is 0 Å². The first kappa shape index (κ1) is 18.8. The summed E-state index contributed by atoms with van der Waals surface area (Å²) in [4.78, 5) is 3.35. The van der Waals surface area contributed by atoms with E-state index in [9.17, 15) is 8.94 Å². The van der Waals surface area contributed by atoms with Crippen molar-refractivity contribution in [2.45, 2.75) is 31.6 Å². The Morgan fingerprint density at radius 2 is 1.88 bits per heavy atom. The Kier molecular flexibility index (Phi) is 5.27. The lowest BCUT2D eigenvalue weighted by Gasteiger charge is -2.28. The van der Waals surface area contributed by atoms with Gasteiger partial charge >= 0.3 is 0 Å². The van der Waals surface area contributed by atoms with Gasteiger partial charge in [-0.25, -0.2) is 4.39 Å². The van der Waals surface area contributed by atoms with Crippen LogP contribution in [0, 0.1) is 5.82 Å². The van der Waals surface area contributed by atoms with Crippen LogP contribution in [0.3, 0.4) is 0 Å². The number of fused-ring (bicyclic) bond motifs is 1. The molecule has 2 aromatic carbocycles. The van der Waals surface area contributed by atoms with E-state index in [1.54, 1.807) is 13.2 Å². The topological polar surface area (TPSA) is 60.1 Å². The molecule has 0 amide bonds. The second-order valence-electron chi connectivity index (χ2n) is 7.13. The number of benzene rings is 2. The van der Waals surface area contributed by atoms with Crippen molar-refractivity contribution in [3.05, 3.63) is 65.6 Å². The van der Waals surface area contributed by atoms with Gasteiger partial charge in [-0.15, -0.1) is 4.72 Å². The Hall–Kier alpha value is -2.02. The molecule has 0 radical (unpaired) electrons. The normalized spacial score (nSPS) is 14.4. The number of hydrogen-bond acceptors (Lipinski definition) is 3. The number of halogens is 1.